The molecule has 1 nitrogen and oxygen atoms in total. The molecule has 0 aliphatic rings. The molecule has 0 atom stereocenters. The number of nitrogens with one attached hydrogen (secondary N) is 1. The zero-order valence-electron chi connectivity index (χ0n) is 8.92. The number of benzene rings is 1. The number of hydrogen-bond acceptors (Lipinski definition) is 2. The summed E-state index contributed by atoms with van der Waals surface area (Å²) in [6.07, 6.45) is 0. The predicted octanol–water partition coefficient (Wildman–Crippen LogP) is 3.08. The van der Waals surface area contributed by atoms with Gasteiger partial charge < -0.3 is 5.32 Å². The van der Waals surface area contributed by atoms with Crippen molar-refractivity contribution in [1.29, 1.82) is 0 Å². The Morgan fingerprint density at radius 1 is 1.47 bits per heavy atom. The summed E-state index contributed by atoms with van der Waals surface area (Å²) in [7, 11) is 0. The van der Waals surface area contributed by atoms with Gasteiger partial charge in [-0.05, 0) is 18.7 Å². The maximum atomic E-state index is 13.2. The summed E-state index contributed by atoms with van der Waals surface area (Å²) in [5.41, 5.74) is 1.09. The molecule has 0 bridgehead atoms. The van der Waals surface area contributed by atoms with E-state index in [0.717, 1.165) is 24.4 Å². The second-order valence-electron chi connectivity index (χ2n) is 3.25. The first-order chi connectivity index (χ1) is 7.24. The van der Waals surface area contributed by atoms with Crippen LogP contribution in [0.2, 0.25) is 0 Å². The van der Waals surface area contributed by atoms with E-state index in [-0.39, 0.29) is 5.82 Å². The fourth-order valence-corrected chi connectivity index (χ4v) is 1.94. The summed E-state index contributed by atoms with van der Waals surface area (Å²) in [4.78, 5) is 0.690. The van der Waals surface area contributed by atoms with Crippen molar-refractivity contribution < 1.29 is 4.39 Å². The molecular formula is C12H16FNS. The maximum absolute atomic E-state index is 13.2. The largest absolute Gasteiger partial charge is 0.313 e. The molecule has 0 aliphatic heterocycles. The smallest absolute Gasteiger partial charge is 0.136 e. The van der Waals surface area contributed by atoms with Crippen molar-refractivity contribution >= 4 is 11.8 Å². The van der Waals surface area contributed by atoms with E-state index >= 15 is 0 Å². The van der Waals surface area contributed by atoms with Crippen LogP contribution < -0.4 is 5.32 Å². The monoisotopic (exact) mass is 225 g/mol. The van der Waals surface area contributed by atoms with E-state index in [4.69, 9.17) is 0 Å². The molecule has 3 heteroatoms. The standard InChI is InChI=1S/C12H16FNS/c1-3-14-8-10(2)9-15-12-7-5-4-6-11(12)13/h4-7,14H,2-3,8-9H2,1H3. The number of likely N-dealkylation sites (N-methyl/N-ethyl adjacent to an activating group) is 1. The van der Waals surface area contributed by atoms with Crippen molar-refractivity contribution in [2.75, 3.05) is 18.8 Å². The Bertz CT molecular complexity index is 325. The molecule has 0 heterocycles. The van der Waals surface area contributed by atoms with Crippen molar-refractivity contribution in [3.05, 3.63) is 42.2 Å². The molecule has 0 fully saturated rings. The van der Waals surface area contributed by atoms with Gasteiger partial charge in [0.2, 0.25) is 0 Å². The highest BCUT2D eigenvalue weighted by atomic mass is 32.2. The van der Waals surface area contributed by atoms with Crippen LogP contribution >= 0.6 is 11.8 Å². The second kappa shape index (κ2) is 6.64. The first-order valence-electron chi connectivity index (χ1n) is 4.98. The molecular weight excluding hydrogens is 209 g/mol. The van der Waals surface area contributed by atoms with Crippen molar-refractivity contribution in [3.63, 3.8) is 0 Å². The molecule has 0 saturated heterocycles. The average Bonchev–Trinajstić information content (AvgIpc) is 2.25. The van der Waals surface area contributed by atoms with Crippen molar-refractivity contribution in [3.8, 4) is 0 Å². The van der Waals surface area contributed by atoms with Gasteiger partial charge in [0.05, 0.1) is 0 Å². The van der Waals surface area contributed by atoms with Crippen LogP contribution in [0.25, 0.3) is 0 Å². The Morgan fingerprint density at radius 2 is 2.20 bits per heavy atom. The van der Waals surface area contributed by atoms with Gasteiger partial charge in [0.25, 0.3) is 0 Å². The highest BCUT2D eigenvalue weighted by Crippen LogP contribution is 2.22. The van der Waals surface area contributed by atoms with Crippen LogP contribution in [0.5, 0.6) is 0 Å². The lowest BCUT2D eigenvalue weighted by Gasteiger charge is -2.06. The SMILES string of the molecule is C=C(CNCC)CSc1ccccc1F. The molecule has 1 aromatic rings. The summed E-state index contributed by atoms with van der Waals surface area (Å²) >= 11 is 1.49. The molecule has 0 saturated carbocycles. The van der Waals surface area contributed by atoms with Gasteiger partial charge in [-0.2, -0.15) is 0 Å². The molecule has 15 heavy (non-hydrogen) atoms. The van der Waals surface area contributed by atoms with Crippen LogP contribution in [0.3, 0.4) is 0 Å². The minimum atomic E-state index is -0.154. The van der Waals surface area contributed by atoms with Gasteiger partial charge in [-0.25, -0.2) is 4.39 Å². The summed E-state index contributed by atoms with van der Waals surface area (Å²) in [6, 6.07) is 6.82. The number of rotatable bonds is 6. The van der Waals surface area contributed by atoms with E-state index in [2.05, 4.69) is 18.8 Å². The van der Waals surface area contributed by atoms with E-state index in [0.29, 0.717) is 4.90 Å². The van der Waals surface area contributed by atoms with Gasteiger partial charge in [-0.3, -0.25) is 0 Å². The molecule has 0 amide bonds. The van der Waals surface area contributed by atoms with Crippen molar-refractivity contribution in [2.24, 2.45) is 0 Å². The van der Waals surface area contributed by atoms with Gasteiger partial charge in [0.1, 0.15) is 5.82 Å². The van der Waals surface area contributed by atoms with Crippen LogP contribution in [0.1, 0.15) is 6.92 Å². The summed E-state index contributed by atoms with van der Waals surface area (Å²) < 4.78 is 13.2. The van der Waals surface area contributed by atoms with Gasteiger partial charge in [-0.1, -0.05) is 31.2 Å². The second-order valence-corrected chi connectivity index (χ2v) is 4.27. The van der Waals surface area contributed by atoms with Crippen molar-refractivity contribution in [1.82, 2.24) is 5.32 Å². The summed E-state index contributed by atoms with van der Waals surface area (Å²) in [5.74, 6) is 0.604. The molecule has 0 unspecified atom stereocenters. The lowest BCUT2D eigenvalue weighted by atomic mass is 10.3. The Balaban J connectivity index is 2.37. The molecule has 1 N–H and O–H groups in total. The first kappa shape index (κ1) is 12.3. The van der Waals surface area contributed by atoms with Crippen LogP contribution in [0, 0.1) is 5.82 Å². The zero-order chi connectivity index (χ0) is 11.1. The van der Waals surface area contributed by atoms with Gasteiger partial charge in [0, 0.05) is 17.2 Å². The first-order valence-corrected chi connectivity index (χ1v) is 5.97. The van der Waals surface area contributed by atoms with E-state index in [1.165, 1.54) is 17.8 Å². The molecule has 0 aliphatic carbocycles. The van der Waals surface area contributed by atoms with E-state index in [1.807, 2.05) is 6.07 Å². The normalized spacial score (nSPS) is 10.3. The molecule has 0 radical (unpaired) electrons. The third kappa shape index (κ3) is 4.49. The minimum absolute atomic E-state index is 0.154. The van der Waals surface area contributed by atoms with Gasteiger partial charge >= 0.3 is 0 Å². The molecule has 0 aromatic heterocycles. The van der Waals surface area contributed by atoms with E-state index < -0.39 is 0 Å². The Morgan fingerprint density at radius 3 is 2.87 bits per heavy atom. The third-order valence-corrected chi connectivity index (χ3v) is 3.09. The van der Waals surface area contributed by atoms with Crippen LogP contribution in [-0.4, -0.2) is 18.8 Å². The lowest BCUT2D eigenvalue weighted by molar-refractivity contribution is 0.602. The fraction of sp³-hybridized carbons (Fsp3) is 0.333. The van der Waals surface area contributed by atoms with Crippen molar-refractivity contribution in [2.45, 2.75) is 11.8 Å². The minimum Gasteiger partial charge on any atom is -0.313 e. The van der Waals surface area contributed by atoms with Gasteiger partial charge in [-0.15, -0.1) is 11.8 Å². The molecule has 82 valence electrons. The third-order valence-electron chi connectivity index (χ3n) is 1.89. The van der Waals surface area contributed by atoms with Gasteiger partial charge in [0.15, 0.2) is 0 Å². The van der Waals surface area contributed by atoms with Crippen LogP contribution in [0.15, 0.2) is 41.3 Å². The van der Waals surface area contributed by atoms with E-state index in [9.17, 15) is 4.39 Å². The molecule has 0 spiro atoms. The Kier molecular flexibility index (Phi) is 5.43. The summed E-state index contributed by atoms with van der Waals surface area (Å²) in [6.45, 7) is 7.72. The zero-order valence-corrected chi connectivity index (χ0v) is 9.74. The Labute approximate surface area is 94.8 Å². The van der Waals surface area contributed by atoms with E-state index in [1.54, 1.807) is 12.1 Å². The highest BCUT2D eigenvalue weighted by molar-refractivity contribution is 7.99. The quantitative estimate of drug-likeness (QED) is 0.590. The number of halogens is 1. The lowest BCUT2D eigenvalue weighted by Crippen LogP contribution is -2.16. The highest BCUT2D eigenvalue weighted by Gasteiger charge is 2.01. The number of thioether (sulfide) groups is 1. The van der Waals surface area contributed by atoms with Crippen LogP contribution in [-0.2, 0) is 0 Å². The predicted molar refractivity (Wildman–Crippen MR) is 64.8 cm³/mol. The Hall–Kier alpha value is -0.800. The molecule has 1 rings (SSSR count). The molecule has 1 aromatic carbocycles. The van der Waals surface area contributed by atoms with Crippen LogP contribution in [0.4, 0.5) is 4.39 Å². The topological polar surface area (TPSA) is 12.0 Å². The number of hydrogen-bond donors (Lipinski definition) is 1. The fourth-order valence-electron chi connectivity index (χ4n) is 1.09. The maximum Gasteiger partial charge on any atom is 0.136 e. The summed E-state index contributed by atoms with van der Waals surface area (Å²) in [5, 5.41) is 3.19. The average molecular weight is 225 g/mol.